The van der Waals surface area contributed by atoms with E-state index in [2.05, 4.69) is 15.0 Å². The van der Waals surface area contributed by atoms with Gasteiger partial charge in [-0.2, -0.15) is 13.2 Å². The number of nitrogens with one attached hydrogen (secondary N) is 1. The van der Waals surface area contributed by atoms with E-state index >= 15 is 0 Å². The molecule has 176 valence electrons. The molecule has 1 N–H and O–H groups in total. The van der Waals surface area contributed by atoms with E-state index in [0.29, 0.717) is 29.9 Å². The smallest absolute Gasteiger partial charge is 0.343 e. The summed E-state index contributed by atoms with van der Waals surface area (Å²) in [6.07, 6.45) is 5.69. The van der Waals surface area contributed by atoms with E-state index in [4.69, 9.17) is 0 Å². The van der Waals surface area contributed by atoms with Crippen molar-refractivity contribution < 1.29 is 31.2 Å². The van der Waals surface area contributed by atoms with Gasteiger partial charge in [0.15, 0.2) is 5.82 Å². The van der Waals surface area contributed by atoms with E-state index in [-0.39, 0.29) is 12.2 Å². The summed E-state index contributed by atoms with van der Waals surface area (Å²) >= 11 is 0. The molecule has 2 fully saturated rings. The number of aromatic nitrogens is 3. The van der Waals surface area contributed by atoms with Gasteiger partial charge in [0, 0.05) is 25.1 Å². The Morgan fingerprint density at radius 2 is 1.74 bits per heavy atom. The van der Waals surface area contributed by atoms with E-state index in [0.717, 1.165) is 29.2 Å². The molecule has 13 heteroatoms. The fourth-order valence-electron chi connectivity index (χ4n) is 3.96. The summed E-state index contributed by atoms with van der Waals surface area (Å²) in [6.45, 7) is 0.109. The second-order valence-electron chi connectivity index (χ2n) is 7.97. The Balaban J connectivity index is 1.43. The zero-order valence-corrected chi connectivity index (χ0v) is 18.1. The van der Waals surface area contributed by atoms with Crippen LogP contribution in [0.2, 0.25) is 0 Å². The Morgan fingerprint density at radius 1 is 1.03 bits per heavy atom. The second kappa shape index (κ2) is 7.38. The Bertz CT molecular complexity index is 1380. The summed E-state index contributed by atoms with van der Waals surface area (Å²) in [4.78, 5) is 39.0. The van der Waals surface area contributed by atoms with Gasteiger partial charge in [-0.3, -0.25) is 9.78 Å². The summed E-state index contributed by atoms with van der Waals surface area (Å²) in [5.41, 5.74) is -5.22. The molecule has 2 aromatic heterocycles. The van der Waals surface area contributed by atoms with Gasteiger partial charge in [0.2, 0.25) is 0 Å². The number of carbonyl (C=O) groups is 2. The maximum absolute atomic E-state index is 13.2. The average molecular weight is 491 g/mol. The molecular weight excluding hydrogens is 475 g/mol. The lowest BCUT2D eigenvalue weighted by atomic mass is 10.1. The molecule has 1 aliphatic heterocycles. The van der Waals surface area contributed by atoms with Crippen molar-refractivity contribution >= 4 is 27.5 Å². The number of nitrogens with zero attached hydrogens (tertiary/aromatic N) is 4. The van der Waals surface area contributed by atoms with E-state index in [1.54, 1.807) is 30.7 Å². The van der Waals surface area contributed by atoms with Gasteiger partial charge in [-0.1, -0.05) is 0 Å². The van der Waals surface area contributed by atoms with Gasteiger partial charge < -0.3 is 9.88 Å². The molecule has 3 heterocycles. The number of rotatable bonds is 5. The molecule has 0 atom stereocenters. The van der Waals surface area contributed by atoms with Crippen molar-refractivity contribution in [1.29, 1.82) is 0 Å². The first-order valence-corrected chi connectivity index (χ1v) is 11.6. The highest BCUT2D eigenvalue weighted by atomic mass is 32.2. The van der Waals surface area contributed by atoms with Gasteiger partial charge in [-0.05, 0) is 54.8 Å². The fourth-order valence-corrected chi connectivity index (χ4v) is 4.72. The number of urea groups is 1. The highest BCUT2D eigenvalue weighted by Gasteiger charge is 2.65. The molecule has 0 bridgehead atoms. The van der Waals surface area contributed by atoms with Crippen molar-refractivity contribution in [3.05, 3.63) is 60.6 Å². The number of sulfone groups is 1. The lowest BCUT2D eigenvalue weighted by Gasteiger charge is -2.21. The zero-order valence-electron chi connectivity index (χ0n) is 17.3. The number of hydrogen-bond acceptors (Lipinski definition) is 6. The average Bonchev–Trinajstić information content (AvgIpc) is 3.35. The van der Waals surface area contributed by atoms with Crippen LogP contribution in [0, 0.1) is 0 Å². The Kier molecular flexibility index (Phi) is 4.79. The molecular formula is C21H16F3N5O4S. The molecule has 1 spiro atoms. The SMILES string of the molecule is O=C1N(c2ccc(S(=O)(=O)C(F)(F)F)cc2)C(=O)C2(CC2)N1Cc1ccnc(-c2ncc[nH]2)c1. The molecule has 3 aromatic rings. The normalized spacial score (nSPS) is 17.6. The van der Waals surface area contributed by atoms with Crippen molar-refractivity contribution in [2.45, 2.75) is 35.3 Å². The summed E-state index contributed by atoms with van der Waals surface area (Å²) in [6, 6.07) is 6.33. The van der Waals surface area contributed by atoms with Crippen LogP contribution < -0.4 is 4.90 Å². The molecule has 2 aliphatic rings. The molecule has 3 amide bonds. The summed E-state index contributed by atoms with van der Waals surface area (Å²) in [5, 5.41) is 0. The number of amides is 3. The topological polar surface area (TPSA) is 116 Å². The number of H-pyrrole nitrogens is 1. The van der Waals surface area contributed by atoms with E-state index in [9.17, 15) is 31.2 Å². The van der Waals surface area contributed by atoms with Crippen molar-refractivity contribution in [1.82, 2.24) is 19.9 Å². The Labute approximate surface area is 191 Å². The maximum Gasteiger partial charge on any atom is 0.501 e. The number of imidazole rings is 1. The largest absolute Gasteiger partial charge is 0.501 e. The van der Waals surface area contributed by atoms with Crippen LogP contribution in [0.1, 0.15) is 18.4 Å². The first kappa shape index (κ1) is 22.1. The van der Waals surface area contributed by atoms with Crippen molar-refractivity contribution in [3.8, 4) is 11.5 Å². The Morgan fingerprint density at radius 3 is 2.32 bits per heavy atom. The molecule has 9 nitrogen and oxygen atoms in total. The molecule has 34 heavy (non-hydrogen) atoms. The summed E-state index contributed by atoms with van der Waals surface area (Å²) in [5.74, 6) is 0.0478. The number of hydrogen-bond donors (Lipinski definition) is 1. The van der Waals surface area contributed by atoms with Crippen molar-refractivity contribution in [2.24, 2.45) is 0 Å². The van der Waals surface area contributed by atoms with Crippen LogP contribution in [0.4, 0.5) is 23.7 Å². The third kappa shape index (κ3) is 3.34. The Hall–Kier alpha value is -3.74. The number of carbonyl (C=O) groups excluding carboxylic acids is 2. The second-order valence-corrected chi connectivity index (χ2v) is 9.91. The van der Waals surface area contributed by atoms with Crippen LogP contribution in [0.3, 0.4) is 0 Å². The first-order chi connectivity index (χ1) is 16.0. The zero-order chi connectivity index (χ0) is 24.3. The van der Waals surface area contributed by atoms with E-state index < -0.39 is 37.7 Å². The van der Waals surface area contributed by atoms with Crippen LogP contribution in [0.25, 0.3) is 11.5 Å². The number of imide groups is 1. The monoisotopic (exact) mass is 491 g/mol. The third-order valence-corrected chi connectivity index (χ3v) is 7.38. The molecule has 1 aliphatic carbocycles. The summed E-state index contributed by atoms with van der Waals surface area (Å²) in [7, 11) is -5.54. The van der Waals surface area contributed by atoms with Gasteiger partial charge in [0.25, 0.3) is 15.7 Å². The van der Waals surface area contributed by atoms with Crippen LogP contribution in [-0.2, 0) is 21.2 Å². The van der Waals surface area contributed by atoms with E-state index in [1.165, 1.54) is 4.90 Å². The standard InChI is InChI=1S/C21H16F3N5O4S/c22-21(23,24)34(32,33)15-3-1-14(2-4-15)29-18(30)20(6-7-20)28(19(29)31)12-13-5-8-25-16(11-13)17-26-9-10-27-17/h1-5,8-11H,6-7,12H2,(H,26,27). The number of alkyl halides is 3. The minimum atomic E-state index is -5.54. The van der Waals surface area contributed by atoms with Gasteiger partial charge in [0.1, 0.15) is 11.2 Å². The molecule has 0 radical (unpaired) electrons. The number of pyridine rings is 1. The summed E-state index contributed by atoms with van der Waals surface area (Å²) < 4.78 is 61.6. The van der Waals surface area contributed by atoms with Crippen LogP contribution in [0.15, 0.2) is 59.9 Å². The lowest BCUT2D eigenvalue weighted by molar-refractivity contribution is -0.120. The number of halogens is 3. The molecule has 5 rings (SSSR count). The lowest BCUT2D eigenvalue weighted by Crippen LogP contribution is -2.36. The predicted octanol–water partition coefficient (Wildman–Crippen LogP) is 3.27. The highest BCUT2D eigenvalue weighted by Crippen LogP contribution is 2.49. The van der Waals surface area contributed by atoms with Gasteiger partial charge in [0.05, 0.1) is 10.6 Å². The highest BCUT2D eigenvalue weighted by molar-refractivity contribution is 7.92. The maximum atomic E-state index is 13.2. The number of benzene rings is 1. The molecule has 1 saturated carbocycles. The van der Waals surface area contributed by atoms with Crippen LogP contribution >= 0.6 is 0 Å². The fraction of sp³-hybridized carbons (Fsp3) is 0.238. The minimum Gasteiger partial charge on any atom is -0.343 e. The minimum absolute atomic E-state index is 0.00379. The number of aromatic amines is 1. The quantitative estimate of drug-likeness (QED) is 0.548. The van der Waals surface area contributed by atoms with Crippen LogP contribution in [0.5, 0.6) is 0 Å². The molecule has 1 saturated heterocycles. The number of anilines is 1. The van der Waals surface area contributed by atoms with Gasteiger partial charge in [-0.25, -0.2) is 23.1 Å². The predicted molar refractivity (Wildman–Crippen MR) is 112 cm³/mol. The van der Waals surface area contributed by atoms with Crippen LogP contribution in [-0.4, -0.2) is 51.3 Å². The van der Waals surface area contributed by atoms with E-state index in [1.807, 2.05) is 0 Å². The molecule has 1 aromatic carbocycles. The third-order valence-electron chi connectivity index (χ3n) is 5.88. The van der Waals surface area contributed by atoms with Gasteiger partial charge >= 0.3 is 11.5 Å². The van der Waals surface area contributed by atoms with Crippen molar-refractivity contribution in [3.63, 3.8) is 0 Å². The first-order valence-electron chi connectivity index (χ1n) is 10.1. The molecule has 0 unspecified atom stereocenters. The van der Waals surface area contributed by atoms with Gasteiger partial charge in [-0.15, -0.1) is 0 Å². The van der Waals surface area contributed by atoms with Crippen molar-refractivity contribution in [2.75, 3.05) is 4.90 Å².